The van der Waals surface area contributed by atoms with Crippen molar-refractivity contribution in [2.75, 3.05) is 20.3 Å². The van der Waals surface area contributed by atoms with Crippen LogP contribution in [-0.4, -0.2) is 37.1 Å². The Morgan fingerprint density at radius 2 is 2.21 bits per heavy atom. The fourth-order valence-electron chi connectivity index (χ4n) is 2.09. The molecule has 6 heteroatoms. The number of halogens is 2. The van der Waals surface area contributed by atoms with Gasteiger partial charge < -0.3 is 15.4 Å². The van der Waals surface area contributed by atoms with Gasteiger partial charge >= 0.3 is 0 Å². The van der Waals surface area contributed by atoms with Crippen molar-refractivity contribution >= 4 is 5.91 Å². The van der Waals surface area contributed by atoms with Crippen molar-refractivity contribution in [3.05, 3.63) is 35.4 Å². The van der Waals surface area contributed by atoms with E-state index in [1.807, 2.05) is 0 Å². The average Bonchev–Trinajstić information content (AvgIpc) is 2.78. The van der Waals surface area contributed by atoms with Crippen LogP contribution in [0, 0.1) is 17.6 Å². The fourth-order valence-corrected chi connectivity index (χ4v) is 2.09. The number of nitrogens with two attached hydrogens (primary N) is 1. The Labute approximate surface area is 110 Å². The van der Waals surface area contributed by atoms with Gasteiger partial charge in [-0.25, -0.2) is 8.78 Å². The lowest BCUT2D eigenvalue weighted by Crippen LogP contribution is -2.41. The third-order valence-corrected chi connectivity index (χ3v) is 3.24. The Morgan fingerprint density at radius 1 is 1.47 bits per heavy atom. The van der Waals surface area contributed by atoms with Gasteiger partial charge in [-0.2, -0.15) is 0 Å². The molecule has 19 heavy (non-hydrogen) atoms. The lowest BCUT2D eigenvalue weighted by Gasteiger charge is -2.22. The molecule has 1 fully saturated rings. The minimum atomic E-state index is -0.661. The van der Waals surface area contributed by atoms with E-state index in [1.165, 1.54) is 17.0 Å². The molecule has 2 N–H and O–H groups in total. The highest BCUT2D eigenvalue weighted by molar-refractivity contribution is 5.79. The van der Waals surface area contributed by atoms with Gasteiger partial charge in [-0.15, -0.1) is 0 Å². The second kappa shape index (κ2) is 5.63. The Balaban J connectivity index is 2.04. The van der Waals surface area contributed by atoms with Gasteiger partial charge in [-0.1, -0.05) is 6.07 Å². The van der Waals surface area contributed by atoms with E-state index in [4.69, 9.17) is 10.5 Å². The van der Waals surface area contributed by atoms with Crippen LogP contribution < -0.4 is 5.73 Å². The monoisotopic (exact) mass is 270 g/mol. The van der Waals surface area contributed by atoms with Gasteiger partial charge in [0.1, 0.15) is 11.6 Å². The molecule has 2 rings (SSSR count). The van der Waals surface area contributed by atoms with Crippen molar-refractivity contribution in [2.45, 2.75) is 12.6 Å². The van der Waals surface area contributed by atoms with Crippen molar-refractivity contribution in [3.63, 3.8) is 0 Å². The number of hydrogen-bond donors (Lipinski definition) is 1. The number of carbonyl (C=O) groups is 1. The van der Waals surface area contributed by atoms with E-state index in [2.05, 4.69) is 0 Å². The van der Waals surface area contributed by atoms with Crippen LogP contribution in [0.25, 0.3) is 0 Å². The van der Waals surface area contributed by atoms with Crippen LogP contribution in [-0.2, 0) is 16.1 Å². The van der Waals surface area contributed by atoms with E-state index in [0.717, 1.165) is 6.07 Å². The van der Waals surface area contributed by atoms with Gasteiger partial charge in [0.05, 0.1) is 19.1 Å². The smallest absolute Gasteiger partial charge is 0.229 e. The molecule has 1 aromatic rings. The van der Waals surface area contributed by atoms with E-state index in [9.17, 15) is 13.6 Å². The second-order valence-electron chi connectivity index (χ2n) is 4.74. The molecule has 4 nitrogen and oxygen atoms in total. The number of hydrogen-bond acceptors (Lipinski definition) is 3. The molecule has 1 saturated heterocycles. The molecular weight excluding hydrogens is 254 g/mol. The third kappa shape index (κ3) is 3.08. The number of rotatable bonds is 3. The molecule has 1 aliphatic heterocycles. The highest BCUT2D eigenvalue weighted by Crippen LogP contribution is 2.17. The number of carbonyl (C=O) groups excluding carboxylic acids is 1. The summed E-state index contributed by atoms with van der Waals surface area (Å²) in [6.07, 6.45) is 0. The van der Waals surface area contributed by atoms with Gasteiger partial charge in [-0.05, 0) is 6.07 Å². The topological polar surface area (TPSA) is 55.6 Å². The average molecular weight is 270 g/mol. The highest BCUT2D eigenvalue weighted by Gasteiger charge is 2.33. The number of nitrogens with zero attached hydrogens (tertiary/aromatic N) is 1. The molecule has 2 unspecified atom stereocenters. The Bertz CT molecular complexity index is 482. The predicted molar refractivity (Wildman–Crippen MR) is 65.1 cm³/mol. The zero-order valence-corrected chi connectivity index (χ0v) is 10.6. The van der Waals surface area contributed by atoms with Crippen LogP contribution in [0.15, 0.2) is 18.2 Å². The molecule has 1 heterocycles. The van der Waals surface area contributed by atoms with E-state index >= 15 is 0 Å². The molecule has 0 spiro atoms. The van der Waals surface area contributed by atoms with Crippen molar-refractivity contribution < 1.29 is 18.3 Å². The lowest BCUT2D eigenvalue weighted by atomic mass is 10.0. The quantitative estimate of drug-likeness (QED) is 0.887. The first-order valence-corrected chi connectivity index (χ1v) is 6.01. The van der Waals surface area contributed by atoms with E-state index in [1.54, 1.807) is 7.05 Å². The summed E-state index contributed by atoms with van der Waals surface area (Å²) in [6.45, 7) is 0.722. The Kier molecular flexibility index (Phi) is 4.11. The summed E-state index contributed by atoms with van der Waals surface area (Å²) in [5.74, 6) is -1.88. The minimum absolute atomic E-state index is 0.0775. The Hall–Kier alpha value is -1.53. The fraction of sp³-hybridized carbons (Fsp3) is 0.462. The second-order valence-corrected chi connectivity index (χ2v) is 4.74. The highest BCUT2D eigenvalue weighted by atomic mass is 19.1. The van der Waals surface area contributed by atoms with Gasteiger partial charge in [0.25, 0.3) is 0 Å². The molecule has 0 saturated carbocycles. The summed E-state index contributed by atoms with van der Waals surface area (Å²) in [7, 11) is 1.57. The third-order valence-electron chi connectivity index (χ3n) is 3.24. The molecule has 2 atom stereocenters. The van der Waals surface area contributed by atoms with Gasteiger partial charge in [0.2, 0.25) is 5.91 Å². The van der Waals surface area contributed by atoms with E-state index in [-0.39, 0.29) is 30.7 Å². The van der Waals surface area contributed by atoms with Gasteiger partial charge in [-0.3, -0.25) is 4.79 Å². The zero-order chi connectivity index (χ0) is 14.0. The first-order chi connectivity index (χ1) is 8.99. The summed E-state index contributed by atoms with van der Waals surface area (Å²) >= 11 is 0. The Morgan fingerprint density at radius 3 is 2.79 bits per heavy atom. The first kappa shape index (κ1) is 13.9. The summed E-state index contributed by atoms with van der Waals surface area (Å²) < 4.78 is 31.4. The minimum Gasteiger partial charge on any atom is -0.379 e. The van der Waals surface area contributed by atoms with Gasteiger partial charge in [0, 0.05) is 31.3 Å². The van der Waals surface area contributed by atoms with Crippen LogP contribution >= 0.6 is 0 Å². The van der Waals surface area contributed by atoms with Crippen LogP contribution in [0.5, 0.6) is 0 Å². The lowest BCUT2D eigenvalue weighted by molar-refractivity contribution is -0.135. The number of benzene rings is 1. The molecule has 0 radical (unpaired) electrons. The molecule has 0 bridgehead atoms. The summed E-state index contributed by atoms with van der Waals surface area (Å²) in [6, 6.07) is 2.98. The van der Waals surface area contributed by atoms with E-state index in [0.29, 0.717) is 6.61 Å². The van der Waals surface area contributed by atoms with Crippen LogP contribution in [0.2, 0.25) is 0 Å². The normalized spacial score (nSPS) is 22.5. The number of ether oxygens (including phenoxy) is 1. The molecule has 0 aliphatic carbocycles. The van der Waals surface area contributed by atoms with Crippen LogP contribution in [0.4, 0.5) is 8.78 Å². The molecular formula is C13H16F2N2O2. The maximum Gasteiger partial charge on any atom is 0.229 e. The van der Waals surface area contributed by atoms with Crippen molar-refractivity contribution in [3.8, 4) is 0 Å². The summed E-state index contributed by atoms with van der Waals surface area (Å²) in [4.78, 5) is 13.5. The maximum absolute atomic E-state index is 13.5. The standard InChI is InChI=1S/C13H16F2N2O2/c1-17(13(18)10-6-19-7-12(10)16)5-8-2-3-9(14)4-11(8)15/h2-4,10,12H,5-7,16H2,1H3. The molecule has 1 amide bonds. The molecule has 104 valence electrons. The van der Waals surface area contributed by atoms with Crippen molar-refractivity contribution in [2.24, 2.45) is 11.7 Å². The first-order valence-electron chi connectivity index (χ1n) is 6.01. The largest absolute Gasteiger partial charge is 0.379 e. The maximum atomic E-state index is 13.5. The SMILES string of the molecule is CN(Cc1ccc(F)cc1F)C(=O)C1COCC1N. The molecule has 0 aromatic heterocycles. The van der Waals surface area contributed by atoms with Crippen LogP contribution in [0.3, 0.4) is 0 Å². The summed E-state index contributed by atoms with van der Waals surface area (Å²) in [5, 5.41) is 0. The molecule has 1 aliphatic rings. The van der Waals surface area contributed by atoms with Crippen molar-refractivity contribution in [1.29, 1.82) is 0 Å². The van der Waals surface area contributed by atoms with E-state index < -0.39 is 17.6 Å². The number of amides is 1. The van der Waals surface area contributed by atoms with Gasteiger partial charge in [0.15, 0.2) is 0 Å². The summed E-state index contributed by atoms with van der Waals surface area (Å²) in [5.41, 5.74) is 6.03. The van der Waals surface area contributed by atoms with Crippen molar-refractivity contribution in [1.82, 2.24) is 4.90 Å². The molecule has 1 aromatic carbocycles. The zero-order valence-electron chi connectivity index (χ0n) is 10.6. The van der Waals surface area contributed by atoms with Crippen LogP contribution in [0.1, 0.15) is 5.56 Å². The predicted octanol–water partition coefficient (Wildman–Crippen LogP) is 0.897.